The Hall–Kier alpha value is -0.860. The van der Waals surface area contributed by atoms with Crippen molar-refractivity contribution in [2.24, 2.45) is 10.9 Å². The molecule has 0 aliphatic carbocycles. The second-order valence-electron chi connectivity index (χ2n) is 5.97. The van der Waals surface area contributed by atoms with Crippen molar-refractivity contribution in [1.82, 2.24) is 10.6 Å². The van der Waals surface area contributed by atoms with Gasteiger partial charge >= 0.3 is 0 Å². The Balaban J connectivity index is 0.00000288. The molecule has 1 heterocycles. The third kappa shape index (κ3) is 6.57. The van der Waals surface area contributed by atoms with Gasteiger partial charge in [0.05, 0.1) is 12.7 Å². The summed E-state index contributed by atoms with van der Waals surface area (Å²) < 4.78 is 6.04. The minimum atomic E-state index is 0. The number of benzene rings is 1. The number of aliphatic hydroxyl groups is 1. The highest BCUT2D eigenvalue weighted by Crippen LogP contribution is 2.33. The molecule has 136 valence electrons. The lowest BCUT2D eigenvalue weighted by Crippen LogP contribution is -2.39. The van der Waals surface area contributed by atoms with E-state index in [9.17, 15) is 0 Å². The van der Waals surface area contributed by atoms with Crippen LogP contribution in [0.2, 0.25) is 0 Å². The standard InChI is InChI=1S/C18H29N3O2.HI/c1-3-19-18(20-10-11-22)21-13-16-5-4-12-23-17(16)15-8-6-14(2)7-9-15;/h6-9,16-17,22H,3-5,10-13H2,1-2H3,(H2,19,20,21);1H. The summed E-state index contributed by atoms with van der Waals surface area (Å²) in [6.07, 6.45) is 2.33. The fraction of sp³-hybridized carbons (Fsp3) is 0.611. The molecule has 1 saturated heterocycles. The minimum absolute atomic E-state index is 0. The summed E-state index contributed by atoms with van der Waals surface area (Å²) in [6, 6.07) is 8.61. The fourth-order valence-corrected chi connectivity index (χ4v) is 2.88. The van der Waals surface area contributed by atoms with Gasteiger partial charge in [0.15, 0.2) is 5.96 Å². The molecule has 1 aliphatic heterocycles. The Kier molecular flexibility index (Phi) is 10.3. The van der Waals surface area contributed by atoms with E-state index >= 15 is 0 Å². The number of nitrogens with one attached hydrogen (secondary N) is 2. The van der Waals surface area contributed by atoms with Gasteiger partial charge in [-0.05, 0) is 32.3 Å². The molecule has 2 rings (SSSR count). The summed E-state index contributed by atoms with van der Waals surface area (Å²) in [4.78, 5) is 4.67. The lowest BCUT2D eigenvalue weighted by molar-refractivity contribution is -0.0250. The van der Waals surface area contributed by atoms with Crippen LogP contribution < -0.4 is 10.6 Å². The lowest BCUT2D eigenvalue weighted by Gasteiger charge is -2.31. The van der Waals surface area contributed by atoms with Crippen molar-refractivity contribution in [3.05, 3.63) is 35.4 Å². The Morgan fingerprint density at radius 1 is 1.29 bits per heavy atom. The van der Waals surface area contributed by atoms with E-state index in [-0.39, 0.29) is 36.7 Å². The second-order valence-corrected chi connectivity index (χ2v) is 5.97. The number of nitrogens with zero attached hydrogens (tertiary/aromatic N) is 1. The Morgan fingerprint density at radius 3 is 2.71 bits per heavy atom. The number of rotatable bonds is 6. The first kappa shape index (κ1) is 21.2. The molecule has 0 saturated carbocycles. The van der Waals surface area contributed by atoms with Crippen molar-refractivity contribution in [2.75, 3.05) is 32.8 Å². The summed E-state index contributed by atoms with van der Waals surface area (Å²) in [5.74, 6) is 1.14. The molecule has 0 aromatic heterocycles. The van der Waals surface area contributed by atoms with Crippen molar-refractivity contribution in [1.29, 1.82) is 0 Å². The molecule has 1 aromatic rings. The van der Waals surface area contributed by atoms with E-state index in [1.807, 2.05) is 6.92 Å². The first-order chi connectivity index (χ1) is 11.2. The molecule has 0 amide bonds. The van der Waals surface area contributed by atoms with Crippen molar-refractivity contribution < 1.29 is 9.84 Å². The van der Waals surface area contributed by atoms with Gasteiger partial charge in [0.25, 0.3) is 0 Å². The molecule has 1 fully saturated rings. The predicted octanol–water partition coefficient (Wildman–Crippen LogP) is 2.63. The van der Waals surface area contributed by atoms with Gasteiger partial charge in [-0.25, -0.2) is 0 Å². The third-order valence-corrected chi connectivity index (χ3v) is 4.08. The van der Waals surface area contributed by atoms with Crippen LogP contribution in [0.25, 0.3) is 0 Å². The molecule has 2 unspecified atom stereocenters. The zero-order valence-electron chi connectivity index (χ0n) is 14.6. The average Bonchev–Trinajstić information content (AvgIpc) is 2.58. The van der Waals surface area contributed by atoms with E-state index in [2.05, 4.69) is 46.8 Å². The van der Waals surface area contributed by atoms with E-state index in [1.165, 1.54) is 11.1 Å². The summed E-state index contributed by atoms with van der Waals surface area (Å²) in [5.41, 5.74) is 2.51. The topological polar surface area (TPSA) is 65.9 Å². The van der Waals surface area contributed by atoms with Crippen LogP contribution in [0.1, 0.15) is 37.0 Å². The SMILES string of the molecule is CCNC(=NCC1CCCOC1c1ccc(C)cc1)NCCO.I. The molecule has 2 atom stereocenters. The highest BCUT2D eigenvalue weighted by Gasteiger charge is 2.27. The lowest BCUT2D eigenvalue weighted by atomic mass is 9.89. The van der Waals surface area contributed by atoms with Gasteiger partial charge in [-0.15, -0.1) is 24.0 Å². The summed E-state index contributed by atoms with van der Waals surface area (Å²) in [7, 11) is 0. The first-order valence-electron chi connectivity index (χ1n) is 8.55. The van der Waals surface area contributed by atoms with Crippen LogP contribution >= 0.6 is 24.0 Å². The Labute approximate surface area is 162 Å². The molecular weight excluding hydrogens is 417 g/mol. The maximum absolute atomic E-state index is 8.95. The number of aryl methyl sites for hydroxylation is 1. The van der Waals surface area contributed by atoms with Crippen molar-refractivity contribution in [2.45, 2.75) is 32.8 Å². The van der Waals surface area contributed by atoms with E-state index < -0.39 is 0 Å². The molecular formula is C18H30IN3O2. The van der Waals surface area contributed by atoms with Crippen LogP contribution in [0.15, 0.2) is 29.3 Å². The van der Waals surface area contributed by atoms with Gasteiger partial charge in [0, 0.05) is 32.2 Å². The quantitative estimate of drug-likeness (QED) is 0.357. The van der Waals surface area contributed by atoms with Crippen molar-refractivity contribution >= 4 is 29.9 Å². The monoisotopic (exact) mass is 447 g/mol. The summed E-state index contributed by atoms with van der Waals surface area (Å²) in [5, 5.41) is 15.3. The highest BCUT2D eigenvalue weighted by molar-refractivity contribution is 14.0. The zero-order valence-corrected chi connectivity index (χ0v) is 17.0. The largest absolute Gasteiger partial charge is 0.395 e. The minimum Gasteiger partial charge on any atom is -0.395 e. The van der Waals surface area contributed by atoms with Crippen LogP contribution in [0.3, 0.4) is 0 Å². The average molecular weight is 447 g/mol. The Morgan fingerprint density at radius 2 is 2.04 bits per heavy atom. The van der Waals surface area contributed by atoms with Crippen LogP contribution in [-0.2, 0) is 4.74 Å². The first-order valence-corrected chi connectivity index (χ1v) is 8.55. The summed E-state index contributed by atoms with van der Waals surface area (Å²) in [6.45, 7) is 7.09. The van der Waals surface area contributed by atoms with Gasteiger partial charge in [-0.1, -0.05) is 29.8 Å². The fourth-order valence-electron chi connectivity index (χ4n) is 2.88. The number of hydrogen-bond acceptors (Lipinski definition) is 3. The van der Waals surface area contributed by atoms with Crippen LogP contribution in [0.4, 0.5) is 0 Å². The zero-order chi connectivity index (χ0) is 16.5. The van der Waals surface area contributed by atoms with Crippen molar-refractivity contribution in [3.63, 3.8) is 0 Å². The van der Waals surface area contributed by atoms with Crippen LogP contribution in [0, 0.1) is 12.8 Å². The van der Waals surface area contributed by atoms with Gasteiger partial charge in [-0.3, -0.25) is 4.99 Å². The predicted molar refractivity (Wildman–Crippen MR) is 109 cm³/mol. The van der Waals surface area contributed by atoms with E-state index in [4.69, 9.17) is 9.84 Å². The van der Waals surface area contributed by atoms with Gasteiger partial charge in [0.1, 0.15) is 0 Å². The molecule has 5 nitrogen and oxygen atoms in total. The van der Waals surface area contributed by atoms with Gasteiger partial charge in [0.2, 0.25) is 0 Å². The van der Waals surface area contributed by atoms with E-state index in [0.29, 0.717) is 12.5 Å². The van der Waals surface area contributed by atoms with Crippen molar-refractivity contribution in [3.8, 4) is 0 Å². The molecule has 1 aromatic carbocycles. The molecule has 3 N–H and O–H groups in total. The maximum atomic E-state index is 8.95. The van der Waals surface area contributed by atoms with E-state index in [1.54, 1.807) is 0 Å². The number of aliphatic hydroxyl groups excluding tert-OH is 1. The molecule has 0 bridgehead atoms. The number of ether oxygens (including phenoxy) is 1. The number of halogens is 1. The summed E-state index contributed by atoms with van der Waals surface area (Å²) >= 11 is 0. The number of hydrogen-bond donors (Lipinski definition) is 3. The maximum Gasteiger partial charge on any atom is 0.191 e. The molecule has 24 heavy (non-hydrogen) atoms. The molecule has 6 heteroatoms. The second kappa shape index (κ2) is 11.7. The normalized spacial score (nSPS) is 21.0. The van der Waals surface area contributed by atoms with E-state index in [0.717, 1.165) is 38.5 Å². The van der Waals surface area contributed by atoms with Gasteiger partial charge < -0.3 is 20.5 Å². The van der Waals surface area contributed by atoms with Crippen LogP contribution in [0.5, 0.6) is 0 Å². The molecule has 0 spiro atoms. The molecule has 1 aliphatic rings. The number of guanidine groups is 1. The number of aliphatic imine (C=N–C) groups is 1. The molecule has 0 radical (unpaired) electrons. The third-order valence-electron chi connectivity index (χ3n) is 4.08. The van der Waals surface area contributed by atoms with Gasteiger partial charge in [-0.2, -0.15) is 0 Å². The Bertz CT molecular complexity index is 494. The van der Waals surface area contributed by atoms with Crippen LogP contribution in [-0.4, -0.2) is 43.9 Å². The highest BCUT2D eigenvalue weighted by atomic mass is 127. The smallest absolute Gasteiger partial charge is 0.191 e.